The Balaban J connectivity index is 1.36. The molecule has 2 N–H and O–H groups in total. The smallest absolute Gasteiger partial charge is 0.406 e. The number of nitrogens with one attached hydrogen (secondary N) is 1. The number of ether oxygens (including phenoxy) is 2. The van der Waals surface area contributed by atoms with E-state index in [9.17, 15) is 22.7 Å². The lowest BCUT2D eigenvalue weighted by atomic mass is 10.2. The van der Waals surface area contributed by atoms with Gasteiger partial charge in [0.25, 0.3) is 6.02 Å². The first-order valence-corrected chi connectivity index (χ1v) is 12.4. The van der Waals surface area contributed by atoms with E-state index in [4.69, 9.17) is 21.1 Å². The third kappa shape index (κ3) is 6.69. The quantitative estimate of drug-likeness (QED) is 0.249. The van der Waals surface area contributed by atoms with Gasteiger partial charge in [-0.15, -0.1) is 0 Å². The molecule has 5 rings (SSSR count). The number of alkyl halides is 3. The third-order valence-corrected chi connectivity index (χ3v) is 6.16. The van der Waals surface area contributed by atoms with E-state index in [1.807, 2.05) is 0 Å². The lowest BCUT2D eigenvalue weighted by Crippen LogP contribution is -2.36. The van der Waals surface area contributed by atoms with Crippen LogP contribution in [0.5, 0.6) is 5.75 Å². The number of aliphatic imine (C=N–C) groups is 1. The summed E-state index contributed by atoms with van der Waals surface area (Å²) in [5.41, 5.74) is 2.11. The Bertz CT molecular complexity index is 1550. The first-order valence-electron chi connectivity index (χ1n) is 12.0. The van der Waals surface area contributed by atoms with Gasteiger partial charge < -0.3 is 24.8 Å². The Morgan fingerprint density at radius 3 is 2.73 bits per heavy atom. The molecule has 0 bridgehead atoms. The molecule has 1 aliphatic rings. The van der Waals surface area contributed by atoms with Gasteiger partial charge in [0.2, 0.25) is 0 Å². The van der Waals surface area contributed by atoms with E-state index in [0.717, 1.165) is 4.90 Å². The highest BCUT2D eigenvalue weighted by atomic mass is 35.5. The highest BCUT2D eigenvalue weighted by Gasteiger charge is 2.38. The first kappa shape index (κ1) is 27.4. The summed E-state index contributed by atoms with van der Waals surface area (Å²) in [6.45, 7) is -1.70. The number of hydrogen-bond donors (Lipinski definition) is 2. The second-order valence-corrected chi connectivity index (χ2v) is 9.33. The number of aliphatic hydroxyl groups is 1. The van der Waals surface area contributed by atoms with Crippen LogP contribution in [0.2, 0.25) is 5.02 Å². The molecule has 4 aromatic rings. The van der Waals surface area contributed by atoms with Crippen molar-refractivity contribution in [3.05, 3.63) is 83.4 Å². The van der Waals surface area contributed by atoms with Crippen LogP contribution in [-0.2, 0) is 11.3 Å². The van der Waals surface area contributed by atoms with Crippen LogP contribution in [0.3, 0.4) is 0 Å². The molecule has 1 atom stereocenters. The fraction of sp³-hybridized carbons (Fsp3) is 0.222. The van der Waals surface area contributed by atoms with Crippen LogP contribution in [0.4, 0.5) is 34.8 Å². The predicted molar refractivity (Wildman–Crippen MR) is 142 cm³/mol. The number of halogens is 5. The summed E-state index contributed by atoms with van der Waals surface area (Å²) in [5.74, 6) is 0.453. The maximum Gasteiger partial charge on any atom is 0.406 e. The van der Waals surface area contributed by atoms with E-state index in [1.165, 1.54) is 18.5 Å². The number of rotatable bonds is 8. The first-order chi connectivity index (χ1) is 19.2. The normalized spacial score (nSPS) is 16.4. The maximum absolute atomic E-state index is 13.4. The fourth-order valence-corrected chi connectivity index (χ4v) is 4.30. The monoisotopic (exact) mass is 575 g/mol. The second-order valence-electron chi connectivity index (χ2n) is 8.93. The fourth-order valence-electron chi connectivity index (χ4n) is 4.07. The van der Waals surface area contributed by atoms with Crippen LogP contribution < -0.4 is 10.1 Å². The number of fused-ring (bicyclic) bond motifs is 1. The minimum absolute atomic E-state index is 0.134. The zero-order valence-corrected chi connectivity index (χ0v) is 21.5. The van der Waals surface area contributed by atoms with Crippen molar-refractivity contribution >= 4 is 45.7 Å². The van der Waals surface area contributed by atoms with Gasteiger partial charge in [-0.05, 0) is 54.1 Å². The Morgan fingerprint density at radius 2 is 1.98 bits per heavy atom. The second kappa shape index (κ2) is 11.5. The van der Waals surface area contributed by atoms with Crippen molar-refractivity contribution in [3.8, 4) is 5.75 Å². The van der Waals surface area contributed by atoms with Crippen LogP contribution in [0.25, 0.3) is 10.9 Å². The van der Waals surface area contributed by atoms with Crippen molar-refractivity contribution in [2.24, 2.45) is 4.99 Å². The van der Waals surface area contributed by atoms with Crippen LogP contribution in [-0.4, -0.2) is 58.0 Å². The molecule has 2 heterocycles. The highest BCUT2D eigenvalue weighted by molar-refractivity contribution is 6.32. The molecule has 1 unspecified atom stereocenters. The number of aliphatic hydroxyl groups excluding tert-OH is 1. The zero-order valence-electron chi connectivity index (χ0n) is 20.7. The topological polar surface area (TPSA) is 92.1 Å². The Kier molecular flexibility index (Phi) is 7.90. The average molecular weight is 576 g/mol. The van der Waals surface area contributed by atoms with E-state index in [0.29, 0.717) is 44.4 Å². The van der Waals surface area contributed by atoms with Gasteiger partial charge in [0, 0.05) is 11.1 Å². The molecule has 0 amide bonds. The summed E-state index contributed by atoms with van der Waals surface area (Å²) in [4.78, 5) is 13.7. The van der Waals surface area contributed by atoms with Gasteiger partial charge in [-0.1, -0.05) is 23.7 Å². The zero-order chi connectivity index (χ0) is 28.3. The Labute approximate surface area is 230 Å². The van der Waals surface area contributed by atoms with Crippen molar-refractivity contribution in [3.63, 3.8) is 0 Å². The van der Waals surface area contributed by atoms with Crippen LogP contribution in [0, 0.1) is 5.82 Å². The number of nitrogens with zero attached hydrogens (tertiary/aromatic N) is 4. The van der Waals surface area contributed by atoms with Crippen LogP contribution in [0.15, 0.2) is 72.0 Å². The van der Waals surface area contributed by atoms with Crippen molar-refractivity contribution in [2.75, 3.05) is 25.0 Å². The van der Waals surface area contributed by atoms with Gasteiger partial charge in [-0.2, -0.15) is 18.2 Å². The van der Waals surface area contributed by atoms with Gasteiger partial charge in [0.15, 0.2) is 0 Å². The molecule has 1 saturated heterocycles. The van der Waals surface area contributed by atoms with Crippen LogP contribution in [0.1, 0.15) is 5.56 Å². The minimum atomic E-state index is -4.47. The van der Waals surface area contributed by atoms with Crippen LogP contribution >= 0.6 is 11.6 Å². The molecule has 0 spiro atoms. The molecule has 0 saturated carbocycles. The van der Waals surface area contributed by atoms with Crippen molar-refractivity contribution < 1.29 is 32.1 Å². The number of benzene rings is 3. The SMILES string of the molecule is OCC1CN(CC(F)(F)F)/C(=N/c2ccc3ncnc(Nc4ccc(OCc5cccc(F)c5)c(Cl)c4)c3c2)O1. The van der Waals surface area contributed by atoms with Gasteiger partial charge in [0.05, 0.1) is 29.4 Å². The summed E-state index contributed by atoms with van der Waals surface area (Å²) >= 11 is 6.41. The van der Waals surface area contributed by atoms with E-state index in [1.54, 1.807) is 48.5 Å². The summed E-state index contributed by atoms with van der Waals surface area (Å²) in [6, 6.07) is 15.7. The molecule has 208 valence electrons. The molecule has 1 aromatic heterocycles. The van der Waals surface area contributed by atoms with Crippen molar-refractivity contribution in [1.29, 1.82) is 0 Å². The third-order valence-electron chi connectivity index (χ3n) is 5.86. The lowest BCUT2D eigenvalue weighted by molar-refractivity contribution is -0.137. The van der Waals surface area contributed by atoms with Gasteiger partial charge >= 0.3 is 6.18 Å². The summed E-state index contributed by atoms with van der Waals surface area (Å²) in [6.07, 6.45) is -3.91. The number of hydrogen-bond acceptors (Lipinski definition) is 7. The number of anilines is 2. The summed E-state index contributed by atoms with van der Waals surface area (Å²) in [7, 11) is 0. The molecule has 40 heavy (non-hydrogen) atoms. The Hall–Kier alpha value is -4.16. The molecule has 13 heteroatoms. The molecular weight excluding hydrogens is 554 g/mol. The maximum atomic E-state index is 13.4. The Morgan fingerprint density at radius 1 is 1.12 bits per heavy atom. The molecule has 8 nitrogen and oxygen atoms in total. The average Bonchev–Trinajstić information content (AvgIpc) is 3.28. The molecule has 1 aliphatic heterocycles. The predicted octanol–water partition coefficient (Wildman–Crippen LogP) is 5.99. The van der Waals surface area contributed by atoms with Gasteiger partial charge in [-0.25, -0.2) is 14.4 Å². The van der Waals surface area contributed by atoms with E-state index in [-0.39, 0.29) is 25.0 Å². The van der Waals surface area contributed by atoms with Gasteiger partial charge in [0.1, 0.15) is 43.0 Å². The standard InChI is InChI=1S/C27H22ClF4N5O3/c28-22-10-19(5-7-24(22)39-13-16-2-1-3-17(29)8-16)35-25-21-9-18(4-6-23(21)33-15-34-25)36-26-37(14-27(30,31)32)11-20(12-38)40-26/h1-10,15,20,38H,11-14H2,(H,33,34,35)/b36-26-. The van der Waals surface area contributed by atoms with Crippen molar-refractivity contribution in [1.82, 2.24) is 14.9 Å². The summed E-state index contributed by atoms with van der Waals surface area (Å²) < 4.78 is 63.7. The highest BCUT2D eigenvalue weighted by Crippen LogP contribution is 2.32. The molecule has 0 aliphatic carbocycles. The van der Waals surface area contributed by atoms with Gasteiger partial charge in [-0.3, -0.25) is 0 Å². The van der Waals surface area contributed by atoms with E-state index in [2.05, 4.69) is 20.3 Å². The lowest BCUT2D eigenvalue weighted by Gasteiger charge is -2.17. The number of amidine groups is 1. The molecular formula is C27H22ClF4N5O3. The summed E-state index contributed by atoms with van der Waals surface area (Å²) in [5, 5.41) is 13.4. The molecule has 1 fully saturated rings. The minimum Gasteiger partial charge on any atom is -0.487 e. The molecule has 3 aromatic carbocycles. The molecule has 0 radical (unpaired) electrons. The number of aromatic nitrogens is 2. The largest absolute Gasteiger partial charge is 0.487 e. The van der Waals surface area contributed by atoms with E-state index < -0.39 is 25.4 Å². The van der Waals surface area contributed by atoms with Crippen molar-refractivity contribution in [2.45, 2.75) is 18.9 Å². The van der Waals surface area contributed by atoms with E-state index >= 15 is 0 Å².